The molecule has 0 aromatic heterocycles. The van der Waals surface area contributed by atoms with E-state index in [1.165, 1.54) is 13.5 Å². The van der Waals surface area contributed by atoms with Gasteiger partial charge >= 0.3 is 5.97 Å². The second-order valence-electron chi connectivity index (χ2n) is 4.81. The molecule has 4 nitrogen and oxygen atoms in total. The highest BCUT2D eigenvalue weighted by molar-refractivity contribution is 5.69. The Bertz CT molecular complexity index is 396. The van der Waals surface area contributed by atoms with Crippen LogP contribution in [-0.2, 0) is 16.0 Å². The number of piperidine rings is 1. The van der Waals surface area contributed by atoms with Crippen molar-refractivity contribution in [2.24, 2.45) is 0 Å². The number of carbonyl (C=O) groups excluding carboxylic acids is 1. The first-order valence-electron chi connectivity index (χ1n) is 6.81. The molecule has 1 heterocycles. The molecular weight excluding hydrogens is 242 g/mol. The molecule has 0 radical (unpaired) electrons. The summed E-state index contributed by atoms with van der Waals surface area (Å²) in [6, 6.07) is 7.96. The average Bonchev–Trinajstić information content (AvgIpc) is 2.47. The van der Waals surface area contributed by atoms with Gasteiger partial charge in [0.05, 0.1) is 7.11 Å². The van der Waals surface area contributed by atoms with E-state index in [9.17, 15) is 4.79 Å². The Balaban J connectivity index is 1.82. The molecular formula is C15H21NO3. The minimum atomic E-state index is -0.173. The second-order valence-corrected chi connectivity index (χ2v) is 4.81. The van der Waals surface area contributed by atoms with Crippen molar-refractivity contribution in [3.05, 3.63) is 29.8 Å². The van der Waals surface area contributed by atoms with Gasteiger partial charge in [0, 0.05) is 13.0 Å². The highest BCUT2D eigenvalue weighted by Gasteiger charge is 2.14. The molecule has 1 aliphatic rings. The summed E-state index contributed by atoms with van der Waals surface area (Å²) in [6.07, 6.45) is 3.68. The van der Waals surface area contributed by atoms with Crippen LogP contribution in [0.2, 0.25) is 0 Å². The van der Waals surface area contributed by atoms with Gasteiger partial charge in [-0.25, -0.2) is 0 Å². The number of aryl methyl sites for hydroxylation is 1. The molecule has 1 unspecified atom stereocenters. The van der Waals surface area contributed by atoms with Gasteiger partial charge in [0.2, 0.25) is 0 Å². The lowest BCUT2D eigenvalue weighted by molar-refractivity contribution is -0.140. The normalized spacial score (nSPS) is 18.9. The molecule has 2 rings (SSSR count). The number of ether oxygens (including phenoxy) is 2. The molecule has 0 saturated carbocycles. The van der Waals surface area contributed by atoms with E-state index in [4.69, 9.17) is 4.74 Å². The summed E-state index contributed by atoms with van der Waals surface area (Å²) < 4.78 is 10.5. The maximum Gasteiger partial charge on any atom is 0.305 e. The number of carbonyl (C=O) groups is 1. The van der Waals surface area contributed by atoms with Crippen molar-refractivity contribution in [3.63, 3.8) is 0 Å². The van der Waals surface area contributed by atoms with Crippen LogP contribution in [0, 0.1) is 0 Å². The monoisotopic (exact) mass is 263 g/mol. The Hall–Kier alpha value is -1.55. The first-order valence-corrected chi connectivity index (χ1v) is 6.81. The summed E-state index contributed by atoms with van der Waals surface area (Å²) in [5, 5.41) is 3.33. The van der Waals surface area contributed by atoms with E-state index in [-0.39, 0.29) is 12.1 Å². The Kier molecular flexibility index (Phi) is 5.21. The molecule has 1 fully saturated rings. The van der Waals surface area contributed by atoms with Gasteiger partial charge in [-0.05, 0) is 43.5 Å². The van der Waals surface area contributed by atoms with Crippen molar-refractivity contribution in [2.45, 2.75) is 31.8 Å². The molecule has 0 spiro atoms. The predicted octanol–water partition coefficient (Wildman–Crippen LogP) is 1.92. The number of benzene rings is 1. The third kappa shape index (κ3) is 4.56. The number of nitrogens with one attached hydrogen (secondary N) is 1. The lowest BCUT2D eigenvalue weighted by Gasteiger charge is -2.24. The summed E-state index contributed by atoms with van der Waals surface area (Å²) in [7, 11) is 1.41. The van der Waals surface area contributed by atoms with Crippen LogP contribution in [0.15, 0.2) is 24.3 Å². The SMILES string of the molecule is COC(=O)CCc1ccc(OC2CCCNC2)cc1. The van der Waals surface area contributed by atoms with Crippen LogP contribution < -0.4 is 10.1 Å². The van der Waals surface area contributed by atoms with Gasteiger partial charge < -0.3 is 14.8 Å². The van der Waals surface area contributed by atoms with Gasteiger partial charge in [-0.15, -0.1) is 0 Å². The Labute approximate surface area is 114 Å². The fourth-order valence-electron chi connectivity index (χ4n) is 2.20. The fourth-order valence-corrected chi connectivity index (χ4v) is 2.20. The van der Waals surface area contributed by atoms with Gasteiger partial charge in [0.15, 0.2) is 0 Å². The van der Waals surface area contributed by atoms with E-state index < -0.39 is 0 Å². The van der Waals surface area contributed by atoms with Crippen molar-refractivity contribution in [1.82, 2.24) is 5.32 Å². The maximum atomic E-state index is 11.1. The summed E-state index contributed by atoms with van der Waals surface area (Å²) in [6.45, 7) is 2.01. The van der Waals surface area contributed by atoms with Gasteiger partial charge in [0.1, 0.15) is 11.9 Å². The number of hydrogen-bond acceptors (Lipinski definition) is 4. The summed E-state index contributed by atoms with van der Waals surface area (Å²) in [4.78, 5) is 11.1. The third-order valence-electron chi connectivity index (χ3n) is 3.32. The molecule has 1 saturated heterocycles. The lowest BCUT2D eigenvalue weighted by atomic mass is 10.1. The van der Waals surface area contributed by atoms with Crippen LogP contribution in [0.25, 0.3) is 0 Å². The molecule has 1 atom stereocenters. The van der Waals surface area contributed by atoms with E-state index in [0.29, 0.717) is 12.8 Å². The molecule has 1 N–H and O–H groups in total. The highest BCUT2D eigenvalue weighted by Crippen LogP contribution is 2.17. The first kappa shape index (κ1) is 13.9. The quantitative estimate of drug-likeness (QED) is 0.825. The second kappa shape index (κ2) is 7.14. The minimum absolute atomic E-state index is 0.173. The van der Waals surface area contributed by atoms with Crippen LogP contribution in [0.5, 0.6) is 5.75 Å². The minimum Gasteiger partial charge on any atom is -0.489 e. The Morgan fingerprint density at radius 3 is 2.79 bits per heavy atom. The fraction of sp³-hybridized carbons (Fsp3) is 0.533. The Morgan fingerprint density at radius 2 is 2.16 bits per heavy atom. The van der Waals surface area contributed by atoms with Crippen LogP contribution in [0.4, 0.5) is 0 Å². The van der Waals surface area contributed by atoms with Crippen LogP contribution >= 0.6 is 0 Å². The largest absolute Gasteiger partial charge is 0.489 e. The lowest BCUT2D eigenvalue weighted by Crippen LogP contribution is -2.37. The zero-order chi connectivity index (χ0) is 13.5. The molecule has 19 heavy (non-hydrogen) atoms. The van der Waals surface area contributed by atoms with Crippen molar-refractivity contribution in [3.8, 4) is 5.75 Å². The Morgan fingerprint density at radius 1 is 1.37 bits per heavy atom. The molecule has 0 bridgehead atoms. The van der Waals surface area contributed by atoms with Crippen molar-refractivity contribution >= 4 is 5.97 Å². The predicted molar refractivity (Wildman–Crippen MR) is 73.3 cm³/mol. The number of methoxy groups -OCH3 is 1. The smallest absolute Gasteiger partial charge is 0.305 e. The van der Waals surface area contributed by atoms with E-state index >= 15 is 0 Å². The van der Waals surface area contributed by atoms with Crippen molar-refractivity contribution in [1.29, 1.82) is 0 Å². The third-order valence-corrected chi connectivity index (χ3v) is 3.32. The summed E-state index contributed by atoms with van der Waals surface area (Å²) in [5.41, 5.74) is 1.12. The van der Waals surface area contributed by atoms with Crippen LogP contribution in [0.1, 0.15) is 24.8 Å². The zero-order valence-electron chi connectivity index (χ0n) is 11.4. The number of rotatable bonds is 5. The van der Waals surface area contributed by atoms with E-state index in [2.05, 4.69) is 10.1 Å². The molecule has 1 aliphatic heterocycles. The highest BCUT2D eigenvalue weighted by atomic mass is 16.5. The zero-order valence-corrected chi connectivity index (χ0v) is 11.4. The number of hydrogen-bond donors (Lipinski definition) is 1. The van der Waals surface area contributed by atoms with Crippen molar-refractivity contribution in [2.75, 3.05) is 20.2 Å². The van der Waals surface area contributed by atoms with Gasteiger partial charge in [-0.1, -0.05) is 12.1 Å². The van der Waals surface area contributed by atoms with Crippen LogP contribution in [0.3, 0.4) is 0 Å². The maximum absolute atomic E-state index is 11.1. The molecule has 4 heteroatoms. The average molecular weight is 263 g/mol. The summed E-state index contributed by atoms with van der Waals surface area (Å²) >= 11 is 0. The molecule has 1 aromatic rings. The molecule has 104 valence electrons. The van der Waals surface area contributed by atoms with Crippen LogP contribution in [-0.4, -0.2) is 32.3 Å². The molecule has 1 aromatic carbocycles. The van der Waals surface area contributed by atoms with Gasteiger partial charge in [-0.2, -0.15) is 0 Å². The molecule has 0 amide bonds. The number of esters is 1. The first-order chi connectivity index (χ1) is 9.28. The summed E-state index contributed by atoms with van der Waals surface area (Å²) in [5.74, 6) is 0.726. The standard InChI is InChI=1S/C15H21NO3/c1-18-15(17)9-6-12-4-7-13(8-5-12)19-14-3-2-10-16-11-14/h4-5,7-8,14,16H,2-3,6,9-11H2,1H3. The van der Waals surface area contributed by atoms with E-state index in [1.54, 1.807) is 0 Å². The molecule has 0 aliphatic carbocycles. The topological polar surface area (TPSA) is 47.6 Å². The van der Waals surface area contributed by atoms with Crippen molar-refractivity contribution < 1.29 is 14.3 Å². The van der Waals surface area contributed by atoms with E-state index in [1.807, 2.05) is 24.3 Å². The van der Waals surface area contributed by atoms with Gasteiger partial charge in [0.25, 0.3) is 0 Å². The van der Waals surface area contributed by atoms with E-state index in [0.717, 1.165) is 30.8 Å². The van der Waals surface area contributed by atoms with Gasteiger partial charge in [-0.3, -0.25) is 4.79 Å².